The van der Waals surface area contributed by atoms with E-state index in [4.69, 9.17) is 0 Å². The molecule has 1 amide bonds. The lowest BCUT2D eigenvalue weighted by Crippen LogP contribution is -2.58. The predicted octanol–water partition coefficient (Wildman–Crippen LogP) is 3.15. The summed E-state index contributed by atoms with van der Waals surface area (Å²) in [6.07, 6.45) is 3.41. The van der Waals surface area contributed by atoms with Crippen LogP contribution in [0.3, 0.4) is 0 Å². The quantitative estimate of drug-likeness (QED) is 0.338. The number of carbonyl (C=O) groups is 1. The third-order valence-electron chi connectivity index (χ3n) is 7.35. The summed E-state index contributed by atoms with van der Waals surface area (Å²) in [6, 6.07) is 5.13. The zero-order valence-electron chi connectivity index (χ0n) is 23.7. The van der Waals surface area contributed by atoms with Crippen LogP contribution in [0.1, 0.15) is 19.4 Å². The number of fused-ring (bicyclic) bond motifs is 1. The largest absolute Gasteiger partial charge is 0.507 e. The highest BCUT2D eigenvalue weighted by Crippen LogP contribution is 2.37. The average molecular weight is 611 g/mol. The van der Waals surface area contributed by atoms with Gasteiger partial charge >= 0.3 is 5.69 Å². The number of halogens is 2. The number of phenols is 1. The fourth-order valence-corrected chi connectivity index (χ4v) is 6.40. The fourth-order valence-electron chi connectivity index (χ4n) is 5.54. The standard InChI is InChI=1S/C29H28F2N6O5S/c1-6-22(39)35-13-16(3)36(17(4)14-35)27-18-12-20(31)24(23-19(30)8-7-9-21(23)38)33-26(18)37(29(40)34-27)25-15(2)10-11-32-28(25)43(5,41)42/h6-12,16-17,38H,1,13-14H2,2-5H3/t16-,17-/m0/s1. The number of pyridine rings is 2. The van der Waals surface area contributed by atoms with E-state index in [0.717, 1.165) is 29.0 Å². The molecule has 2 atom stereocenters. The number of hydrogen-bond donors (Lipinski definition) is 1. The molecule has 1 aromatic carbocycles. The Labute approximate surface area is 245 Å². The SMILES string of the molecule is C=CC(=O)N1C[C@H](C)N(c2nc(=O)n(-c3c(C)ccnc3S(C)(=O)=O)c3nc(-c4c(O)cccc4F)c(F)cc23)[C@@H](C)C1. The van der Waals surface area contributed by atoms with E-state index in [9.17, 15) is 27.5 Å². The minimum absolute atomic E-state index is 0.0154. The number of phenolic OH excluding ortho intramolecular Hbond substituents is 1. The van der Waals surface area contributed by atoms with Crippen molar-refractivity contribution in [2.45, 2.75) is 37.9 Å². The molecule has 0 spiro atoms. The number of rotatable bonds is 5. The molecule has 0 radical (unpaired) electrons. The average Bonchev–Trinajstić information content (AvgIpc) is 2.92. The maximum Gasteiger partial charge on any atom is 0.355 e. The molecule has 43 heavy (non-hydrogen) atoms. The van der Waals surface area contributed by atoms with Crippen LogP contribution in [-0.4, -0.2) is 75.3 Å². The van der Waals surface area contributed by atoms with Crippen molar-refractivity contribution in [2.75, 3.05) is 24.2 Å². The smallest absolute Gasteiger partial charge is 0.355 e. The molecule has 1 saturated heterocycles. The number of nitrogens with zero attached hydrogens (tertiary/aromatic N) is 6. The molecule has 1 aliphatic rings. The highest BCUT2D eigenvalue weighted by molar-refractivity contribution is 7.90. The first-order chi connectivity index (χ1) is 20.2. The zero-order chi connectivity index (χ0) is 31.4. The lowest BCUT2D eigenvalue weighted by atomic mass is 10.1. The summed E-state index contributed by atoms with van der Waals surface area (Å²) in [7, 11) is -3.99. The fraction of sp³-hybridized carbons (Fsp3) is 0.276. The van der Waals surface area contributed by atoms with Gasteiger partial charge in [-0.05, 0) is 56.7 Å². The summed E-state index contributed by atoms with van der Waals surface area (Å²) in [6.45, 7) is 9.21. The molecule has 11 nitrogen and oxygen atoms in total. The van der Waals surface area contributed by atoms with Gasteiger partial charge < -0.3 is 14.9 Å². The first-order valence-electron chi connectivity index (χ1n) is 13.2. The van der Waals surface area contributed by atoms with E-state index in [1.54, 1.807) is 30.6 Å². The normalized spacial score (nSPS) is 17.3. The summed E-state index contributed by atoms with van der Waals surface area (Å²) >= 11 is 0. The van der Waals surface area contributed by atoms with Crippen molar-refractivity contribution in [3.8, 4) is 22.7 Å². The second-order valence-corrected chi connectivity index (χ2v) is 12.4. The van der Waals surface area contributed by atoms with Crippen LogP contribution in [0, 0.1) is 18.6 Å². The molecule has 1 N–H and O–H groups in total. The molecule has 0 aliphatic carbocycles. The number of hydrogen-bond acceptors (Lipinski definition) is 9. The Morgan fingerprint density at radius 3 is 2.40 bits per heavy atom. The number of aromatic nitrogens is 4. The van der Waals surface area contributed by atoms with Gasteiger partial charge in [0.25, 0.3) is 0 Å². The van der Waals surface area contributed by atoms with Gasteiger partial charge in [-0.1, -0.05) is 12.6 Å². The van der Waals surface area contributed by atoms with Crippen molar-refractivity contribution in [3.05, 3.63) is 76.9 Å². The van der Waals surface area contributed by atoms with Crippen LogP contribution in [0.5, 0.6) is 5.75 Å². The molecule has 1 aliphatic heterocycles. The van der Waals surface area contributed by atoms with Crippen LogP contribution >= 0.6 is 0 Å². The van der Waals surface area contributed by atoms with Crippen LogP contribution in [0.2, 0.25) is 0 Å². The number of sulfone groups is 1. The number of piperazine rings is 1. The molecular formula is C29H28F2N6O5S. The number of benzene rings is 1. The van der Waals surface area contributed by atoms with Crippen molar-refractivity contribution in [2.24, 2.45) is 0 Å². The minimum Gasteiger partial charge on any atom is -0.507 e. The number of aryl methyl sites for hydroxylation is 1. The molecule has 0 saturated carbocycles. The van der Waals surface area contributed by atoms with Gasteiger partial charge in [0, 0.05) is 37.6 Å². The first kappa shape index (κ1) is 29.8. The summed E-state index contributed by atoms with van der Waals surface area (Å²) in [5.74, 6) is -2.80. The molecule has 4 heterocycles. The number of amides is 1. The van der Waals surface area contributed by atoms with E-state index in [1.807, 2.05) is 0 Å². The van der Waals surface area contributed by atoms with Gasteiger partial charge in [-0.2, -0.15) is 4.98 Å². The molecule has 3 aromatic heterocycles. The Balaban J connectivity index is 1.89. The lowest BCUT2D eigenvalue weighted by molar-refractivity contribution is -0.127. The lowest BCUT2D eigenvalue weighted by Gasteiger charge is -2.45. The van der Waals surface area contributed by atoms with Gasteiger partial charge in [0.15, 0.2) is 26.3 Å². The minimum atomic E-state index is -3.99. The van der Waals surface area contributed by atoms with Gasteiger partial charge in [-0.15, -0.1) is 0 Å². The van der Waals surface area contributed by atoms with Crippen molar-refractivity contribution < 1.29 is 27.1 Å². The van der Waals surface area contributed by atoms with Crippen LogP contribution in [0.4, 0.5) is 14.6 Å². The number of aromatic hydroxyl groups is 1. The molecule has 0 unspecified atom stereocenters. The van der Waals surface area contributed by atoms with Crippen molar-refractivity contribution in [1.29, 1.82) is 0 Å². The van der Waals surface area contributed by atoms with Crippen molar-refractivity contribution >= 4 is 32.6 Å². The summed E-state index contributed by atoms with van der Waals surface area (Å²) in [5.41, 5.74) is -2.14. The van der Waals surface area contributed by atoms with Crippen LogP contribution in [0.15, 0.2) is 59.0 Å². The Bertz CT molecular complexity index is 1950. The Hall–Kier alpha value is -4.72. The van der Waals surface area contributed by atoms with Gasteiger partial charge in [-0.25, -0.2) is 36.5 Å². The topological polar surface area (TPSA) is 139 Å². The second-order valence-electron chi connectivity index (χ2n) is 10.5. The van der Waals surface area contributed by atoms with E-state index in [-0.39, 0.29) is 41.5 Å². The third kappa shape index (κ3) is 5.11. The highest BCUT2D eigenvalue weighted by Gasteiger charge is 2.35. The summed E-state index contributed by atoms with van der Waals surface area (Å²) < 4.78 is 57.2. The maximum atomic E-state index is 15.9. The van der Waals surface area contributed by atoms with Crippen LogP contribution < -0.4 is 10.6 Å². The molecule has 1 fully saturated rings. The van der Waals surface area contributed by atoms with E-state index in [0.29, 0.717) is 5.56 Å². The van der Waals surface area contributed by atoms with Gasteiger partial charge in [0.2, 0.25) is 5.91 Å². The van der Waals surface area contributed by atoms with Gasteiger partial charge in [0.1, 0.15) is 23.1 Å². The Morgan fingerprint density at radius 1 is 1.12 bits per heavy atom. The van der Waals surface area contributed by atoms with Crippen molar-refractivity contribution in [3.63, 3.8) is 0 Å². The van der Waals surface area contributed by atoms with Crippen LogP contribution in [0.25, 0.3) is 28.0 Å². The summed E-state index contributed by atoms with van der Waals surface area (Å²) in [5, 5.41) is 10.0. The van der Waals surface area contributed by atoms with E-state index < -0.39 is 61.3 Å². The van der Waals surface area contributed by atoms with Gasteiger partial charge in [-0.3, -0.25) is 4.79 Å². The maximum absolute atomic E-state index is 15.9. The number of carbonyl (C=O) groups excluding carboxylic acids is 1. The predicted molar refractivity (Wildman–Crippen MR) is 156 cm³/mol. The Kier molecular flexibility index (Phi) is 7.50. The molecule has 224 valence electrons. The van der Waals surface area contributed by atoms with Gasteiger partial charge in [0.05, 0.1) is 16.6 Å². The van der Waals surface area contributed by atoms with E-state index >= 15 is 4.39 Å². The molecule has 4 aromatic rings. The molecule has 5 rings (SSSR count). The summed E-state index contributed by atoms with van der Waals surface area (Å²) in [4.78, 5) is 42.2. The van der Waals surface area contributed by atoms with Crippen molar-refractivity contribution in [1.82, 2.24) is 24.4 Å². The number of anilines is 1. The zero-order valence-corrected chi connectivity index (χ0v) is 24.6. The second kappa shape index (κ2) is 10.8. The van der Waals surface area contributed by atoms with E-state index in [1.165, 1.54) is 24.4 Å². The molecule has 14 heteroatoms. The first-order valence-corrected chi connectivity index (χ1v) is 15.1. The molecular weight excluding hydrogens is 582 g/mol. The monoisotopic (exact) mass is 610 g/mol. The third-order valence-corrected chi connectivity index (χ3v) is 8.35. The highest BCUT2D eigenvalue weighted by atomic mass is 32.2. The Morgan fingerprint density at radius 2 is 1.79 bits per heavy atom. The van der Waals surface area contributed by atoms with E-state index in [2.05, 4.69) is 21.5 Å². The van der Waals surface area contributed by atoms with Crippen LogP contribution in [-0.2, 0) is 14.6 Å². The molecule has 0 bridgehead atoms.